The topological polar surface area (TPSA) is 0 Å². The fourth-order valence-electron chi connectivity index (χ4n) is 0.719. The predicted octanol–water partition coefficient (Wildman–Crippen LogP) is 4.23. The largest absolute Gasteiger partial charge is 0.206 e. The molecule has 0 unspecified atom stereocenters. The summed E-state index contributed by atoms with van der Waals surface area (Å²) < 4.78 is 25.9. The third-order valence-corrected chi connectivity index (χ3v) is 3.19. The highest BCUT2D eigenvalue weighted by Crippen LogP contribution is 2.30. The van der Waals surface area contributed by atoms with E-state index >= 15 is 0 Å². The average molecular weight is 320 g/mol. The van der Waals surface area contributed by atoms with Gasteiger partial charge in [-0.2, -0.15) is 0 Å². The maximum atomic E-state index is 13.0. The van der Waals surface area contributed by atoms with E-state index in [4.69, 9.17) is 11.6 Å². The number of hydrogen-bond donors (Lipinski definition) is 0. The molecule has 0 amide bonds. The Morgan fingerprint density at radius 1 is 1.25 bits per heavy atom. The molecule has 66 valence electrons. The van der Waals surface area contributed by atoms with Crippen LogP contribution in [0, 0.1) is 11.6 Å². The first-order valence-electron chi connectivity index (χ1n) is 2.95. The molecule has 0 radical (unpaired) electrons. The van der Waals surface area contributed by atoms with E-state index in [-0.39, 0.29) is 14.8 Å². The molecule has 1 aromatic carbocycles. The molecule has 0 aromatic heterocycles. The zero-order valence-electron chi connectivity index (χ0n) is 5.67. The first-order chi connectivity index (χ1) is 5.57. The number of halogens is 5. The van der Waals surface area contributed by atoms with Crippen LogP contribution in [-0.4, -0.2) is 0 Å². The highest BCUT2D eigenvalue weighted by Gasteiger charge is 2.13. The zero-order valence-corrected chi connectivity index (χ0v) is 9.60. The highest BCUT2D eigenvalue weighted by molar-refractivity contribution is 9.11. The zero-order chi connectivity index (χ0) is 9.30. The molecule has 0 nitrogen and oxygen atoms in total. The predicted molar refractivity (Wildman–Crippen MR) is 51.3 cm³/mol. The normalized spacial score (nSPS) is 10.4. The molecule has 0 aliphatic heterocycles. The van der Waals surface area contributed by atoms with Crippen LogP contribution in [0.3, 0.4) is 0 Å². The van der Waals surface area contributed by atoms with Crippen molar-refractivity contribution in [1.29, 1.82) is 0 Å². The van der Waals surface area contributed by atoms with Crippen molar-refractivity contribution in [3.8, 4) is 0 Å². The summed E-state index contributed by atoms with van der Waals surface area (Å²) in [5, 5.41) is 0. The van der Waals surface area contributed by atoms with Crippen molar-refractivity contribution >= 4 is 43.5 Å². The molecular formula is C7H3Br2ClF2. The molecule has 0 saturated carbocycles. The molecule has 0 aliphatic rings. The number of hydrogen-bond acceptors (Lipinski definition) is 0. The molecule has 0 aliphatic carbocycles. The van der Waals surface area contributed by atoms with Crippen molar-refractivity contribution in [3.63, 3.8) is 0 Å². The Bertz CT molecular complexity index is 315. The van der Waals surface area contributed by atoms with E-state index < -0.39 is 11.6 Å². The van der Waals surface area contributed by atoms with Crippen molar-refractivity contribution in [2.75, 3.05) is 0 Å². The average Bonchev–Trinajstić information content (AvgIpc) is 2.08. The van der Waals surface area contributed by atoms with E-state index in [1.54, 1.807) is 0 Å². The van der Waals surface area contributed by atoms with Crippen LogP contribution in [0.25, 0.3) is 0 Å². The van der Waals surface area contributed by atoms with Gasteiger partial charge in [-0.15, -0.1) is 11.6 Å². The summed E-state index contributed by atoms with van der Waals surface area (Å²) in [5.74, 6) is -1.24. The fourth-order valence-corrected chi connectivity index (χ4v) is 2.12. The number of alkyl halides is 1. The molecule has 0 heterocycles. The second kappa shape index (κ2) is 4.03. The monoisotopic (exact) mass is 318 g/mol. The highest BCUT2D eigenvalue weighted by atomic mass is 79.9. The summed E-state index contributed by atoms with van der Waals surface area (Å²) >= 11 is 11.2. The van der Waals surface area contributed by atoms with Crippen molar-refractivity contribution < 1.29 is 8.78 Å². The molecule has 5 heteroatoms. The van der Waals surface area contributed by atoms with Gasteiger partial charge < -0.3 is 0 Å². The molecule has 0 spiro atoms. The lowest BCUT2D eigenvalue weighted by molar-refractivity contribution is 0.565. The lowest BCUT2D eigenvalue weighted by Crippen LogP contribution is -1.91. The Morgan fingerprint density at radius 2 is 1.83 bits per heavy atom. The standard InChI is InChI=1S/C7H3Br2ClF2/c8-5-3(2-10)1-4(11)6(9)7(5)12/h1H,2H2. The van der Waals surface area contributed by atoms with Crippen molar-refractivity contribution in [2.24, 2.45) is 0 Å². The van der Waals surface area contributed by atoms with Crippen molar-refractivity contribution in [1.82, 2.24) is 0 Å². The van der Waals surface area contributed by atoms with Crippen LogP contribution >= 0.6 is 43.5 Å². The van der Waals surface area contributed by atoms with Crippen LogP contribution in [0.4, 0.5) is 8.78 Å². The minimum atomic E-state index is -0.661. The molecule has 0 saturated heterocycles. The summed E-state index contributed by atoms with van der Waals surface area (Å²) in [4.78, 5) is 0. The van der Waals surface area contributed by atoms with E-state index in [2.05, 4.69) is 31.9 Å². The van der Waals surface area contributed by atoms with E-state index in [0.29, 0.717) is 5.56 Å². The van der Waals surface area contributed by atoms with Crippen LogP contribution in [0.5, 0.6) is 0 Å². The summed E-state index contributed by atoms with van der Waals surface area (Å²) in [7, 11) is 0. The minimum Gasteiger partial charge on any atom is -0.206 e. The van der Waals surface area contributed by atoms with Gasteiger partial charge in [0, 0.05) is 5.88 Å². The van der Waals surface area contributed by atoms with E-state index in [1.807, 2.05) is 0 Å². The quantitative estimate of drug-likeness (QED) is 0.413. The van der Waals surface area contributed by atoms with Gasteiger partial charge in [-0.25, -0.2) is 8.78 Å². The van der Waals surface area contributed by atoms with Gasteiger partial charge in [-0.1, -0.05) is 0 Å². The number of rotatable bonds is 1. The van der Waals surface area contributed by atoms with E-state index in [0.717, 1.165) is 0 Å². The van der Waals surface area contributed by atoms with Crippen molar-refractivity contribution in [2.45, 2.75) is 5.88 Å². The van der Waals surface area contributed by atoms with E-state index in [1.165, 1.54) is 6.07 Å². The van der Waals surface area contributed by atoms with Crippen LogP contribution in [0.15, 0.2) is 15.0 Å². The Morgan fingerprint density at radius 3 is 2.33 bits per heavy atom. The summed E-state index contributed by atoms with van der Waals surface area (Å²) in [5.41, 5.74) is 0.398. The molecule has 0 atom stereocenters. The second-order valence-electron chi connectivity index (χ2n) is 2.09. The minimum absolute atomic E-state index is 0.0711. The molecule has 1 aromatic rings. The van der Waals surface area contributed by atoms with Crippen LogP contribution in [0.1, 0.15) is 5.56 Å². The lowest BCUT2D eigenvalue weighted by atomic mass is 10.2. The van der Waals surface area contributed by atoms with Gasteiger partial charge in [0.1, 0.15) is 5.82 Å². The van der Waals surface area contributed by atoms with Gasteiger partial charge in [-0.05, 0) is 43.5 Å². The molecule has 0 bridgehead atoms. The Kier molecular flexibility index (Phi) is 3.49. The smallest absolute Gasteiger partial charge is 0.154 e. The maximum Gasteiger partial charge on any atom is 0.154 e. The van der Waals surface area contributed by atoms with Crippen LogP contribution in [0.2, 0.25) is 0 Å². The Labute approximate surface area is 90.2 Å². The van der Waals surface area contributed by atoms with Gasteiger partial charge in [0.05, 0.1) is 8.95 Å². The second-order valence-corrected chi connectivity index (χ2v) is 3.95. The molecule has 0 N–H and O–H groups in total. The van der Waals surface area contributed by atoms with Gasteiger partial charge in [0.25, 0.3) is 0 Å². The molecular weight excluding hydrogens is 317 g/mol. The van der Waals surface area contributed by atoms with Gasteiger partial charge >= 0.3 is 0 Å². The summed E-state index contributed by atoms with van der Waals surface area (Å²) in [6.07, 6.45) is 0. The van der Waals surface area contributed by atoms with Gasteiger partial charge in [0.15, 0.2) is 5.82 Å². The Hall–Kier alpha value is 0.330. The summed E-state index contributed by atoms with van der Waals surface area (Å²) in [6.45, 7) is 0. The maximum absolute atomic E-state index is 13.0. The molecule has 12 heavy (non-hydrogen) atoms. The third-order valence-electron chi connectivity index (χ3n) is 1.32. The third kappa shape index (κ3) is 1.80. The van der Waals surface area contributed by atoms with E-state index in [9.17, 15) is 8.78 Å². The molecule has 0 fully saturated rings. The summed E-state index contributed by atoms with van der Waals surface area (Å²) in [6, 6.07) is 1.18. The van der Waals surface area contributed by atoms with Crippen LogP contribution in [-0.2, 0) is 5.88 Å². The lowest BCUT2D eigenvalue weighted by Gasteiger charge is -2.04. The van der Waals surface area contributed by atoms with Gasteiger partial charge in [0.2, 0.25) is 0 Å². The SMILES string of the molecule is Fc1cc(CCl)c(Br)c(F)c1Br. The first-order valence-corrected chi connectivity index (χ1v) is 5.07. The first kappa shape index (κ1) is 10.4. The number of benzene rings is 1. The Balaban J connectivity index is 3.39. The fraction of sp³-hybridized carbons (Fsp3) is 0.143. The van der Waals surface area contributed by atoms with Crippen molar-refractivity contribution in [3.05, 3.63) is 32.2 Å². The van der Waals surface area contributed by atoms with Crippen LogP contribution < -0.4 is 0 Å². The molecule has 1 rings (SSSR count). The van der Waals surface area contributed by atoms with Gasteiger partial charge in [-0.3, -0.25) is 0 Å².